The lowest BCUT2D eigenvalue weighted by Crippen LogP contribution is -2.48. The number of hydrogen-bond donors (Lipinski definition) is 3. The van der Waals surface area contributed by atoms with Crippen molar-refractivity contribution < 1.29 is 24.4 Å². The third-order valence-corrected chi connectivity index (χ3v) is 4.79. The second kappa shape index (κ2) is 9.56. The fourth-order valence-electron chi connectivity index (χ4n) is 3.38. The highest BCUT2D eigenvalue weighted by molar-refractivity contribution is 6.40. The average Bonchev–Trinajstić information content (AvgIpc) is 3.01. The minimum absolute atomic E-state index is 0.0951. The van der Waals surface area contributed by atoms with Crippen molar-refractivity contribution in [1.29, 1.82) is 0 Å². The van der Waals surface area contributed by atoms with E-state index in [1.165, 1.54) is 11.8 Å². The van der Waals surface area contributed by atoms with E-state index in [0.717, 1.165) is 0 Å². The topological polar surface area (TPSA) is 162 Å². The molecule has 2 rings (SSSR count). The Morgan fingerprint density at radius 3 is 2.71 bits per heavy atom. The first-order valence-corrected chi connectivity index (χ1v) is 9.04. The Hall–Kier alpha value is -2.59. The number of benzene rings is 1. The fraction of sp³-hybridized carbons (Fsp3) is 0.529. The molecule has 11 heteroatoms. The molecule has 0 aromatic heterocycles. The van der Waals surface area contributed by atoms with Crippen molar-refractivity contribution in [2.45, 2.75) is 37.7 Å². The molecular formula is C17H24BN5O5. The summed E-state index contributed by atoms with van der Waals surface area (Å²) >= 11 is 0. The number of rotatable bonds is 8. The van der Waals surface area contributed by atoms with Crippen LogP contribution >= 0.6 is 0 Å². The van der Waals surface area contributed by atoms with E-state index in [1.807, 2.05) is 0 Å². The molecule has 1 amide bonds. The summed E-state index contributed by atoms with van der Waals surface area (Å²) in [6, 6.07) is 7.58. The predicted octanol–water partition coefficient (Wildman–Crippen LogP) is 0.700. The minimum Gasteiger partial charge on any atom is -0.427 e. The molecule has 0 saturated carbocycles. The Labute approximate surface area is 163 Å². The van der Waals surface area contributed by atoms with Crippen LogP contribution in [0.15, 0.2) is 35.4 Å². The zero-order chi connectivity index (χ0) is 20.7. The van der Waals surface area contributed by atoms with Gasteiger partial charge in [-0.05, 0) is 37.3 Å². The standard InChI is InChI=1S/C17H24BN5O5/c1-12(19)15(24)23-10-13(6-5-9-18(26)27)17(11-23,21-22-20)16(25)28-14-7-3-2-4-8-14/h2-4,7-8,12-13,26-27H,5-6,9-11,19H2,1H3/t12-,13-,17-/m0/s1. The molecule has 4 N–H and O–H groups in total. The quantitative estimate of drug-likeness (QED) is 0.148. The predicted molar refractivity (Wildman–Crippen MR) is 102 cm³/mol. The summed E-state index contributed by atoms with van der Waals surface area (Å²) in [6.07, 6.45) is 0.797. The van der Waals surface area contributed by atoms with Crippen molar-refractivity contribution in [2.75, 3.05) is 13.1 Å². The molecule has 1 fully saturated rings. The van der Waals surface area contributed by atoms with Gasteiger partial charge in [0, 0.05) is 23.9 Å². The number of amides is 1. The monoisotopic (exact) mass is 389 g/mol. The number of likely N-dealkylation sites (tertiary alicyclic amines) is 1. The lowest BCUT2D eigenvalue weighted by atomic mass is 9.78. The van der Waals surface area contributed by atoms with Crippen LogP contribution in [-0.2, 0) is 9.59 Å². The van der Waals surface area contributed by atoms with Gasteiger partial charge in [-0.1, -0.05) is 29.7 Å². The van der Waals surface area contributed by atoms with Crippen molar-refractivity contribution in [1.82, 2.24) is 4.90 Å². The lowest BCUT2D eigenvalue weighted by Gasteiger charge is -2.27. The van der Waals surface area contributed by atoms with Crippen molar-refractivity contribution >= 4 is 19.0 Å². The first kappa shape index (κ1) is 21.7. The average molecular weight is 389 g/mol. The van der Waals surface area contributed by atoms with Crippen molar-refractivity contribution in [2.24, 2.45) is 16.8 Å². The van der Waals surface area contributed by atoms with E-state index in [-0.39, 0.29) is 25.3 Å². The highest BCUT2D eigenvalue weighted by atomic mass is 16.5. The van der Waals surface area contributed by atoms with E-state index in [0.29, 0.717) is 18.6 Å². The molecule has 10 nitrogen and oxygen atoms in total. The van der Waals surface area contributed by atoms with E-state index >= 15 is 0 Å². The second-order valence-electron chi connectivity index (χ2n) is 6.93. The maximum Gasteiger partial charge on any atom is 0.451 e. The van der Waals surface area contributed by atoms with Crippen LogP contribution in [0.1, 0.15) is 19.8 Å². The zero-order valence-corrected chi connectivity index (χ0v) is 15.6. The van der Waals surface area contributed by atoms with Gasteiger partial charge in [0.2, 0.25) is 5.91 Å². The Kier molecular flexibility index (Phi) is 7.41. The van der Waals surface area contributed by atoms with Gasteiger partial charge >= 0.3 is 13.1 Å². The van der Waals surface area contributed by atoms with Gasteiger partial charge in [0.25, 0.3) is 0 Å². The Balaban J connectivity index is 2.31. The third kappa shape index (κ3) is 5.02. The summed E-state index contributed by atoms with van der Waals surface area (Å²) in [5, 5.41) is 21.9. The number of esters is 1. The third-order valence-electron chi connectivity index (χ3n) is 4.79. The first-order chi connectivity index (χ1) is 13.3. The molecule has 1 aromatic rings. The molecule has 1 aromatic carbocycles. The Morgan fingerprint density at radius 2 is 2.14 bits per heavy atom. The van der Waals surface area contributed by atoms with Crippen molar-refractivity contribution in [3.8, 4) is 5.75 Å². The fourth-order valence-corrected chi connectivity index (χ4v) is 3.38. The van der Waals surface area contributed by atoms with Crippen LogP contribution in [-0.4, -0.2) is 58.6 Å². The smallest absolute Gasteiger partial charge is 0.427 e. The van der Waals surface area contributed by atoms with E-state index in [2.05, 4.69) is 10.0 Å². The molecule has 28 heavy (non-hydrogen) atoms. The molecule has 150 valence electrons. The highest BCUT2D eigenvalue weighted by Gasteiger charge is 2.54. The van der Waals surface area contributed by atoms with Crippen LogP contribution in [0.4, 0.5) is 0 Å². The molecule has 0 aliphatic carbocycles. The normalized spacial score (nSPS) is 22.3. The van der Waals surface area contributed by atoms with Crippen LogP contribution in [0.5, 0.6) is 5.75 Å². The van der Waals surface area contributed by atoms with Gasteiger partial charge in [0.15, 0.2) is 5.54 Å². The SMILES string of the molecule is C[C@H](N)C(=O)N1C[C@H](CCCB(O)O)[C@](N=[N+]=[N-])(C(=O)Oc2ccccc2)C1. The van der Waals surface area contributed by atoms with Crippen LogP contribution in [0.2, 0.25) is 6.32 Å². The first-order valence-electron chi connectivity index (χ1n) is 9.04. The number of carbonyl (C=O) groups excluding carboxylic acids is 2. The molecule has 0 bridgehead atoms. The zero-order valence-electron chi connectivity index (χ0n) is 15.6. The Bertz CT molecular complexity index is 741. The van der Waals surface area contributed by atoms with Crippen LogP contribution in [0, 0.1) is 5.92 Å². The van der Waals surface area contributed by atoms with Crippen LogP contribution in [0.25, 0.3) is 10.4 Å². The summed E-state index contributed by atoms with van der Waals surface area (Å²) in [7, 11) is -1.48. The van der Waals surface area contributed by atoms with Gasteiger partial charge in [0.05, 0.1) is 6.04 Å². The van der Waals surface area contributed by atoms with Crippen LogP contribution < -0.4 is 10.5 Å². The number of azide groups is 1. The summed E-state index contributed by atoms with van der Waals surface area (Å²) in [5.74, 6) is -1.37. The lowest BCUT2D eigenvalue weighted by molar-refractivity contribution is -0.141. The molecule has 0 radical (unpaired) electrons. The number of para-hydroxylation sites is 1. The number of nitrogens with two attached hydrogens (primary N) is 1. The highest BCUT2D eigenvalue weighted by Crippen LogP contribution is 2.37. The molecule has 3 atom stereocenters. The van der Waals surface area contributed by atoms with Gasteiger partial charge < -0.3 is 25.4 Å². The van der Waals surface area contributed by atoms with Crippen LogP contribution in [0.3, 0.4) is 0 Å². The number of nitrogens with zero attached hydrogens (tertiary/aromatic N) is 4. The summed E-state index contributed by atoms with van der Waals surface area (Å²) in [6.45, 7) is 1.55. The largest absolute Gasteiger partial charge is 0.451 e. The van der Waals surface area contributed by atoms with Gasteiger partial charge in [-0.3, -0.25) is 9.59 Å². The number of ether oxygens (including phenoxy) is 1. The van der Waals surface area contributed by atoms with Crippen molar-refractivity contribution in [3.05, 3.63) is 40.8 Å². The molecule has 1 saturated heterocycles. The molecule has 0 unspecified atom stereocenters. The second-order valence-corrected chi connectivity index (χ2v) is 6.93. The molecule has 1 heterocycles. The van der Waals surface area contributed by atoms with E-state index in [4.69, 9.17) is 26.0 Å². The minimum atomic E-state index is -1.62. The van der Waals surface area contributed by atoms with E-state index in [9.17, 15) is 9.59 Å². The number of hydrogen-bond acceptors (Lipinski definition) is 7. The van der Waals surface area contributed by atoms with E-state index < -0.39 is 30.6 Å². The summed E-state index contributed by atoms with van der Waals surface area (Å²) in [4.78, 5) is 29.6. The molecule has 1 aliphatic rings. The van der Waals surface area contributed by atoms with Crippen molar-refractivity contribution in [3.63, 3.8) is 0 Å². The molecular weight excluding hydrogens is 365 g/mol. The summed E-state index contributed by atoms with van der Waals surface area (Å²) in [5.41, 5.74) is 13.2. The van der Waals surface area contributed by atoms with Gasteiger partial charge in [0.1, 0.15) is 5.75 Å². The van der Waals surface area contributed by atoms with Gasteiger partial charge in [-0.25, -0.2) is 0 Å². The Morgan fingerprint density at radius 1 is 1.46 bits per heavy atom. The maximum absolute atomic E-state index is 13.0. The molecule has 1 aliphatic heterocycles. The van der Waals surface area contributed by atoms with Gasteiger partial charge in [-0.15, -0.1) is 0 Å². The molecule has 0 spiro atoms. The van der Waals surface area contributed by atoms with Gasteiger partial charge in [-0.2, -0.15) is 0 Å². The number of carbonyl (C=O) groups is 2. The van der Waals surface area contributed by atoms with E-state index in [1.54, 1.807) is 30.3 Å². The summed E-state index contributed by atoms with van der Waals surface area (Å²) < 4.78 is 5.43. The maximum atomic E-state index is 13.0.